The largest absolute Gasteiger partial charge is 0.399 e. The van der Waals surface area contributed by atoms with Crippen molar-refractivity contribution in [3.63, 3.8) is 0 Å². The number of aryl methyl sites for hydroxylation is 1. The Hall–Kier alpha value is -1.55. The van der Waals surface area contributed by atoms with Crippen LogP contribution in [0.3, 0.4) is 0 Å². The predicted molar refractivity (Wildman–Crippen MR) is 84.3 cm³/mol. The van der Waals surface area contributed by atoms with E-state index in [1.807, 2.05) is 24.3 Å². The number of nitrogen functional groups attached to an aromatic ring is 1. The lowest BCUT2D eigenvalue weighted by molar-refractivity contribution is 0.597. The maximum atomic E-state index is 14.0. The zero-order chi connectivity index (χ0) is 14.1. The van der Waals surface area contributed by atoms with Crippen LogP contribution in [-0.2, 0) is 13.0 Å². The van der Waals surface area contributed by atoms with E-state index in [-0.39, 0.29) is 5.82 Å². The number of hydrogen-bond acceptors (Lipinski definition) is 2. The Morgan fingerprint density at radius 2 is 2.05 bits per heavy atom. The Bertz CT molecular complexity index is 642. The first kappa shape index (κ1) is 13.4. The minimum absolute atomic E-state index is 0.171. The maximum absolute atomic E-state index is 14.0. The van der Waals surface area contributed by atoms with Crippen molar-refractivity contribution >= 4 is 27.3 Å². The van der Waals surface area contributed by atoms with E-state index in [2.05, 4.69) is 26.9 Å². The molecule has 2 N–H and O–H groups in total. The van der Waals surface area contributed by atoms with E-state index in [9.17, 15) is 4.39 Å². The first-order valence-electron chi connectivity index (χ1n) is 6.71. The van der Waals surface area contributed by atoms with E-state index in [0.717, 1.165) is 35.2 Å². The van der Waals surface area contributed by atoms with Crippen molar-refractivity contribution in [3.05, 3.63) is 57.8 Å². The molecule has 0 aliphatic carbocycles. The lowest BCUT2D eigenvalue weighted by Gasteiger charge is -2.31. The molecule has 0 unspecified atom stereocenters. The fraction of sp³-hybridized carbons (Fsp3) is 0.250. The molecule has 2 nitrogen and oxygen atoms in total. The van der Waals surface area contributed by atoms with Gasteiger partial charge in [-0.05, 0) is 42.7 Å². The Morgan fingerprint density at radius 1 is 1.20 bits per heavy atom. The van der Waals surface area contributed by atoms with Gasteiger partial charge < -0.3 is 10.6 Å². The topological polar surface area (TPSA) is 29.3 Å². The van der Waals surface area contributed by atoms with Gasteiger partial charge in [0.25, 0.3) is 0 Å². The second-order valence-electron chi connectivity index (χ2n) is 5.15. The van der Waals surface area contributed by atoms with Gasteiger partial charge in [0.05, 0.1) is 0 Å². The highest BCUT2D eigenvalue weighted by atomic mass is 79.9. The standard InChI is InChI=1S/C16H16BrFN2/c17-13-5-3-12(15(18)8-13)10-20-7-1-2-11-4-6-14(19)9-16(11)20/h3-6,8-9H,1-2,7,10,19H2. The van der Waals surface area contributed by atoms with Gasteiger partial charge in [-0.2, -0.15) is 0 Å². The molecule has 2 aromatic rings. The molecular formula is C16H16BrFN2. The number of rotatable bonds is 2. The van der Waals surface area contributed by atoms with Gasteiger partial charge in [0.1, 0.15) is 5.82 Å². The summed E-state index contributed by atoms with van der Waals surface area (Å²) in [5, 5.41) is 0. The number of hydrogen-bond donors (Lipinski definition) is 1. The maximum Gasteiger partial charge on any atom is 0.129 e. The van der Waals surface area contributed by atoms with Gasteiger partial charge in [-0.1, -0.05) is 28.1 Å². The minimum atomic E-state index is -0.171. The van der Waals surface area contributed by atoms with Crippen molar-refractivity contribution in [2.75, 3.05) is 17.2 Å². The van der Waals surface area contributed by atoms with Gasteiger partial charge in [-0.3, -0.25) is 0 Å². The number of anilines is 2. The first-order chi connectivity index (χ1) is 9.63. The molecule has 104 valence electrons. The van der Waals surface area contributed by atoms with Crippen LogP contribution in [0.5, 0.6) is 0 Å². The first-order valence-corrected chi connectivity index (χ1v) is 7.50. The molecule has 0 atom stereocenters. The summed E-state index contributed by atoms with van der Waals surface area (Å²) in [5.41, 5.74) is 9.78. The molecule has 2 aromatic carbocycles. The van der Waals surface area contributed by atoms with Crippen molar-refractivity contribution in [1.82, 2.24) is 0 Å². The number of benzene rings is 2. The second kappa shape index (κ2) is 5.44. The molecule has 0 radical (unpaired) electrons. The molecule has 20 heavy (non-hydrogen) atoms. The molecule has 1 aliphatic rings. The summed E-state index contributed by atoms with van der Waals surface area (Å²) in [5.74, 6) is -0.171. The van der Waals surface area contributed by atoms with E-state index >= 15 is 0 Å². The van der Waals surface area contributed by atoms with E-state index in [0.29, 0.717) is 12.1 Å². The number of halogens is 2. The SMILES string of the molecule is Nc1ccc2c(c1)N(Cc1ccc(Br)cc1F)CCC2. The van der Waals surface area contributed by atoms with Crippen LogP contribution in [-0.4, -0.2) is 6.54 Å². The third-order valence-electron chi connectivity index (χ3n) is 3.70. The Kier molecular flexibility index (Phi) is 3.66. The van der Waals surface area contributed by atoms with Crippen LogP contribution in [0.2, 0.25) is 0 Å². The third-order valence-corrected chi connectivity index (χ3v) is 4.19. The highest BCUT2D eigenvalue weighted by Crippen LogP contribution is 2.30. The van der Waals surface area contributed by atoms with E-state index in [1.54, 1.807) is 0 Å². The summed E-state index contributed by atoms with van der Waals surface area (Å²) in [6.45, 7) is 1.52. The van der Waals surface area contributed by atoms with Crippen LogP contribution >= 0.6 is 15.9 Å². The van der Waals surface area contributed by atoms with Crippen LogP contribution in [0.1, 0.15) is 17.5 Å². The van der Waals surface area contributed by atoms with Crippen LogP contribution in [0, 0.1) is 5.82 Å². The fourth-order valence-electron chi connectivity index (χ4n) is 2.69. The number of nitrogens with two attached hydrogens (primary N) is 1. The minimum Gasteiger partial charge on any atom is -0.399 e. The monoisotopic (exact) mass is 334 g/mol. The molecule has 0 amide bonds. The Morgan fingerprint density at radius 3 is 2.85 bits per heavy atom. The molecule has 3 rings (SSSR count). The average molecular weight is 335 g/mol. The molecule has 4 heteroatoms. The van der Waals surface area contributed by atoms with Crippen molar-refractivity contribution in [1.29, 1.82) is 0 Å². The van der Waals surface area contributed by atoms with Gasteiger partial charge in [0.2, 0.25) is 0 Å². The quantitative estimate of drug-likeness (QED) is 0.837. The summed E-state index contributed by atoms with van der Waals surface area (Å²) in [6, 6.07) is 11.2. The van der Waals surface area contributed by atoms with Crippen molar-refractivity contribution in [3.8, 4) is 0 Å². The van der Waals surface area contributed by atoms with Gasteiger partial charge >= 0.3 is 0 Å². The molecule has 0 bridgehead atoms. The summed E-state index contributed by atoms with van der Waals surface area (Å²) < 4.78 is 14.7. The molecule has 0 saturated carbocycles. The number of fused-ring (bicyclic) bond motifs is 1. The van der Waals surface area contributed by atoms with Crippen molar-refractivity contribution in [2.45, 2.75) is 19.4 Å². The molecule has 1 heterocycles. The third kappa shape index (κ3) is 2.66. The van der Waals surface area contributed by atoms with Gasteiger partial charge in [0.15, 0.2) is 0 Å². The van der Waals surface area contributed by atoms with Crippen molar-refractivity contribution < 1.29 is 4.39 Å². The van der Waals surface area contributed by atoms with Gasteiger partial charge in [-0.15, -0.1) is 0 Å². The zero-order valence-corrected chi connectivity index (χ0v) is 12.7. The highest BCUT2D eigenvalue weighted by Gasteiger charge is 2.18. The van der Waals surface area contributed by atoms with E-state index < -0.39 is 0 Å². The van der Waals surface area contributed by atoms with Gasteiger partial charge in [-0.25, -0.2) is 4.39 Å². The molecule has 0 spiro atoms. The predicted octanol–water partition coefficient (Wildman–Crippen LogP) is 4.12. The molecule has 0 saturated heterocycles. The smallest absolute Gasteiger partial charge is 0.129 e. The van der Waals surface area contributed by atoms with Crippen LogP contribution in [0.4, 0.5) is 15.8 Å². The summed E-state index contributed by atoms with van der Waals surface area (Å²) >= 11 is 3.29. The fourth-order valence-corrected chi connectivity index (χ4v) is 3.02. The summed E-state index contributed by atoms with van der Waals surface area (Å²) in [7, 11) is 0. The number of nitrogens with zero attached hydrogens (tertiary/aromatic N) is 1. The normalized spacial score (nSPS) is 14.2. The zero-order valence-electron chi connectivity index (χ0n) is 11.1. The molecule has 0 aromatic heterocycles. The van der Waals surface area contributed by atoms with Crippen molar-refractivity contribution in [2.24, 2.45) is 0 Å². The second-order valence-corrected chi connectivity index (χ2v) is 6.06. The Labute approximate surface area is 126 Å². The molecule has 0 fully saturated rings. The average Bonchev–Trinajstić information content (AvgIpc) is 2.42. The molecular weight excluding hydrogens is 319 g/mol. The van der Waals surface area contributed by atoms with E-state index in [1.165, 1.54) is 11.6 Å². The van der Waals surface area contributed by atoms with Gasteiger partial charge in [0, 0.05) is 34.5 Å². The lowest BCUT2D eigenvalue weighted by atomic mass is 10.0. The summed E-state index contributed by atoms with van der Waals surface area (Å²) in [6.07, 6.45) is 2.16. The molecule has 1 aliphatic heterocycles. The Balaban J connectivity index is 1.91. The summed E-state index contributed by atoms with van der Waals surface area (Å²) in [4.78, 5) is 2.21. The van der Waals surface area contributed by atoms with E-state index in [4.69, 9.17) is 5.73 Å². The van der Waals surface area contributed by atoms with Crippen LogP contribution in [0.25, 0.3) is 0 Å². The highest BCUT2D eigenvalue weighted by molar-refractivity contribution is 9.10. The lowest BCUT2D eigenvalue weighted by Crippen LogP contribution is -2.29. The van der Waals surface area contributed by atoms with Crippen LogP contribution < -0.4 is 10.6 Å². The van der Waals surface area contributed by atoms with Crippen LogP contribution in [0.15, 0.2) is 40.9 Å².